The second kappa shape index (κ2) is 5.29. The van der Waals surface area contributed by atoms with Crippen molar-refractivity contribution in [2.75, 3.05) is 10.9 Å². The highest BCUT2D eigenvalue weighted by Gasteiger charge is 2.24. The van der Waals surface area contributed by atoms with Gasteiger partial charge in [0.25, 0.3) is 0 Å². The maximum atomic E-state index is 5.31. The molecule has 0 amide bonds. The predicted molar refractivity (Wildman–Crippen MR) is 68.1 cm³/mol. The van der Waals surface area contributed by atoms with Gasteiger partial charge in [-0.2, -0.15) is 0 Å². The lowest BCUT2D eigenvalue weighted by molar-refractivity contribution is 0.135. The normalized spacial score (nSPS) is 25.6. The first kappa shape index (κ1) is 12.1. The fraction of sp³-hybridized carbons (Fsp3) is 0.636. The molecule has 1 aromatic rings. The summed E-state index contributed by atoms with van der Waals surface area (Å²) in [6.07, 6.45) is 7.00. The van der Waals surface area contributed by atoms with Crippen LogP contribution in [0.4, 0.5) is 11.6 Å². The highest BCUT2D eigenvalue weighted by Crippen LogP contribution is 2.22. The van der Waals surface area contributed by atoms with Crippen LogP contribution in [0.25, 0.3) is 0 Å². The summed E-state index contributed by atoms with van der Waals surface area (Å²) in [5.41, 5.74) is 5.81. The summed E-state index contributed by atoms with van der Waals surface area (Å²) in [6, 6.07) is 1.02. The molecule has 0 bridgehead atoms. The number of anilines is 2. The van der Waals surface area contributed by atoms with E-state index in [-0.39, 0.29) is 0 Å². The number of aromatic nitrogens is 2. The van der Waals surface area contributed by atoms with E-state index >= 15 is 0 Å². The van der Waals surface area contributed by atoms with Gasteiger partial charge >= 0.3 is 0 Å². The second-order valence-electron chi connectivity index (χ2n) is 4.58. The fourth-order valence-electron chi connectivity index (χ4n) is 2.26. The van der Waals surface area contributed by atoms with E-state index in [0.29, 0.717) is 17.9 Å². The Balaban J connectivity index is 2.07. The zero-order valence-electron chi connectivity index (χ0n) is 10.3. The molecule has 2 heterocycles. The van der Waals surface area contributed by atoms with Gasteiger partial charge in [-0.1, -0.05) is 6.42 Å². The van der Waals surface area contributed by atoms with E-state index in [1.165, 1.54) is 19.3 Å². The van der Waals surface area contributed by atoms with Crippen LogP contribution < -0.4 is 16.7 Å². The largest absolute Gasteiger partial charge is 0.307 e. The Labute approximate surface area is 102 Å². The van der Waals surface area contributed by atoms with Crippen molar-refractivity contribution in [2.45, 2.75) is 45.2 Å². The molecule has 2 unspecified atom stereocenters. The van der Waals surface area contributed by atoms with Crippen LogP contribution in [0.3, 0.4) is 0 Å². The van der Waals surface area contributed by atoms with Crippen molar-refractivity contribution in [3.05, 3.63) is 12.4 Å². The van der Waals surface area contributed by atoms with Crippen molar-refractivity contribution in [1.82, 2.24) is 15.0 Å². The van der Waals surface area contributed by atoms with Crippen molar-refractivity contribution in [3.8, 4) is 0 Å². The third-order valence-corrected chi connectivity index (χ3v) is 3.22. The SMILES string of the molecule is CC1CCCC(C)N1Nc1cncc(NN)n1. The van der Waals surface area contributed by atoms with E-state index in [2.05, 4.69) is 39.7 Å². The molecule has 6 nitrogen and oxygen atoms in total. The van der Waals surface area contributed by atoms with Crippen molar-refractivity contribution in [1.29, 1.82) is 0 Å². The molecule has 94 valence electrons. The third kappa shape index (κ3) is 2.83. The number of nitrogen functional groups attached to an aromatic ring is 1. The van der Waals surface area contributed by atoms with Crippen molar-refractivity contribution < 1.29 is 0 Å². The highest BCUT2D eigenvalue weighted by molar-refractivity contribution is 5.40. The third-order valence-electron chi connectivity index (χ3n) is 3.22. The number of rotatable bonds is 3. The number of nitrogens with one attached hydrogen (secondary N) is 2. The zero-order chi connectivity index (χ0) is 12.3. The number of nitrogens with two attached hydrogens (primary N) is 1. The van der Waals surface area contributed by atoms with Crippen LogP contribution in [0.1, 0.15) is 33.1 Å². The van der Waals surface area contributed by atoms with Gasteiger partial charge in [0.05, 0.1) is 12.4 Å². The van der Waals surface area contributed by atoms with E-state index in [1.807, 2.05) is 0 Å². The molecular weight excluding hydrogens is 216 g/mol. The monoisotopic (exact) mass is 236 g/mol. The summed E-state index contributed by atoms with van der Waals surface area (Å²) in [6.45, 7) is 4.45. The average molecular weight is 236 g/mol. The Morgan fingerprint density at radius 3 is 2.53 bits per heavy atom. The average Bonchev–Trinajstić information content (AvgIpc) is 2.34. The summed E-state index contributed by atoms with van der Waals surface area (Å²) in [5, 5.41) is 2.24. The smallest absolute Gasteiger partial charge is 0.161 e. The van der Waals surface area contributed by atoms with Gasteiger partial charge in [0, 0.05) is 12.1 Å². The van der Waals surface area contributed by atoms with Crippen LogP contribution in [0.5, 0.6) is 0 Å². The van der Waals surface area contributed by atoms with Gasteiger partial charge < -0.3 is 10.9 Å². The molecule has 1 fully saturated rings. The molecule has 4 N–H and O–H groups in total. The second-order valence-corrected chi connectivity index (χ2v) is 4.58. The Morgan fingerprint density at radius 2 is 1.88 bits per heavy atom. The summed E-state index contributed by atoms with van der Waals surface area (Å²) in [5.74, 6) is 6.60. The van der Waals surface area contributed by atoms with Crippen LogP contribution >= 0.6 is 0 Å². The lowest BCUT2D eigenvalue weighted by Gasteiger charge is -2.39. The first-order valence-electron chi connectivity index (χ1n) is 6.04. The number of nitrogens with zero attached hydrogens (tertiary/aromatic N) is 3. The van der Waals surface area contributed by atoms with E-state index in [9.17, 15) is 0 Å². The Kier molecular flexibility index (Phi) is 3.75. The number of piperidine rings is 1. The summed E-state index contributed by atoms with van der Waals surface area (Å²) in [4.78, 5) is 8.38. The van der Waals surface area contributed by atoms with E-state index in [0.717, 1.165) is 5.82 Å². The summed E-state index contributed by atoms with van der Waals surface area (Å²) >= 11 is 0. The molecule has 1 aliphatic heterocycles. The molecule has 2 atom stereocenters. The first-order valence-corrected chi connectivity index (χ1v) is 6.04. The Hall–Kier alpha value is -1.40. The molecule has 0 aliphatic carbocycles. The minimum Gasteiger partial charge on any atom is -0.307 e. The van der Waals surface area contributed by atoms with Gasteiger partial charge in [-0.25, -0.2) is 15.8 Å². The zero-order valence-corrected chi connectivity index (χ0v) is 10.3. The van der Waals surface area contributed by atoms with Gasteiger partial charge in [0.2, 0.25) is 0 Å². The molecule has 0 spiro atoms. The fourth-order valence-corrected chi connectivity index (χ4v) is 2.26. The molecule has 17 heavy (non-hydrogen) atoms. The Morgan fingerprint density at radius 1 is 1.24 bits per heavy atom. The minimum atomic E-state index is 0.509. The lowest BCUT2D eigenvalue weighted by atomic mass is 10.00. The standard InChI is InChI=1S/C11H20N6/c1-8-4-3-5-9(2)17(8)16-11-7-13-6-10(14-11)15-12/h6-9H,3-5,12H2,1-2H3,(H2,14,15,16). The molecule has 1 aromatic heterocycles. The molecule has 0 aromatic carbocycles. The predicted octanol–water partition coefficient (Wildman–Crippen LogP) is 1.35. The molecular formula is C11H20N6. The number of hydrogen-bond acceptors (Lipinski definition) is 6. The maximum absolute atomic E-state index is 5.31. The van der Waals surface area contributed by atoms with Crippen molar-refractivity contribution in [3.63, 3.8) is 0 Å². The van der Waals surface area contributed by atoms with Gasteiger partial charge in [-0.3, -0.25) is 4.98 Å². The molecule has 0 radical (unpaired) electrons. The molecule has 6 heteroatoms. The van der Waals surface area contributed by atoms with E-state index in [4.69, 9.17) is 5.84 Å². The highest BCUT2D eigenvalue weighted by atomic mass is 15.5. The molecule has 0 saturated carbocycles. The van der Waals surface area contributed by atoms with Gasteiger partial charge in [0.15, 0.2) is 11.6 Å². The van der Waals surface area contributed by atoms with Crippen molar-refractivity contribution >= 4 is 11.6 Å². The number of hydrogen-bond donors (Lipinski definition) is 3. The molecule has 1 aliphatic rings. The topological polar surface area (TPSA) is 79.1 Å². The van der Waals surface area contributed by atoms with E-state index in [1.54, 1.807) is 12.4 Å². The summed E-state index contributed by atoms with van der Waals surface area (Å²) < 4.78 is 0. The summed E-state index contributed by atoms with van der Waals surface area (Å²) in [7, 11) is 0. The van der Waals surface area contributed by atoms with Crippen LogP contribution in [0.15, 0.2) is 12.4 Å². The van der Waals surface area contributed by atoms with Crippen molar-refractivity contribution in [2.24, 2.45) is 5.84 Å². The quantitative estimate of drug-likeness (QED) is 0.543. The van der Waals surface area contributed by atoms with Crippen LogP contribution in [0, 0.1) is 0 Å². The first-order chi connectivity index (χ1) is 8.20. The van der Waals surface area contributed by atoms with Gasteiger partial charge in [0.1, 0.15) is 0 Å². The Bertz CT molecular complexity index is 359. The minimum absolute atomic E-state index is 0.509. The molecule has 2 rings (SSSR count). The van der Waals surface area contributed by atoms with Crippen LogP contribution in [0.2, 0.25) is 0 Å². The lowest BCUT2D eigenvalue weighted by Crippen LogP contribution is -2.47. The van der Waals surface area contributed by atoms with Crippen LogP contribution in [-0.4, -0.2) is 27.1 Å². The number of hydrazine groups is 2. The maximum Gasteiger partial charge on any atom is 0.161 e. The van der Waals surface area contributed by atoms with Gasteiger partial charge in [-0.15, -0.1) is 0 Å². The van der Waals surface area contributed by atoms with Gasteiger partial charge in [-0.05, 0) is 26.7 Å². The molecule has 1 saturated heterocycles. The van der Waals surface area contributed by atoms with Crippen LogP contribution in [-0.2, 0) is 0 Å². The van der Waals surface area contributed by atoms with E-state index < -0.39 is 0 Å².